The number of hydrogen-bond donors (Lipinski definition) is 1. The Bertz CT molecular complexity index is 334. The second kappa shape index (κ2) is 6.31. The largest absolute Gasteiger partial charge is 0.368 e. The molecule has 1 N–H and O–H groups in total. The van der Waals surface area contributed by atoms with E-state index in [2.05, 4.69) is 50.1 Å². The molecule has 2 heteroatoms. The molecule has 1 unspecified atom stereocenters. The van der Waals surface area contributed by atoms with Gasteiger partial charge in [0.2, 0.25) is 0 Å². The van der Waals surface area contributed by atoms with Gasteiger partial charge in [-0.1, -0.05) is 17.7 Å². The second-order valence-electron chi connectivity index (χ2n) is 4.62. The van der Waals surface area contributed by atoms with Crippen LogP contribution in [-0.4, -0.2) is 11.0 Å². The second-order valence-corrected chi connectivity index (χ2v) is 4.62. The zero-order valence-electron chi connectivity index (χ0n) is 10.7. The number of allylic oxidation sites excluding steroid dienone is 2. The maximum atomic E-state index is 4.33. The van der Waals surface area contributed by atoms with Crippen LogP contribution in [0.1, 0.15) is 39.2 Å². The maximum Gasteiger partial charge on any atom is 0.126 e. The van der Waals surface area contributed by atoms with Gasteiger partial charge in [-0.3, -0.25) is 0 Å². The van der Waals surface area contributed by atoms with Crippen LogP contribution < -0.4 is 5.32 Å². The van der Waals surface area contributed by atoms with Crippen molar-refractivity contribution in [3.05, 3.63) is 35.5 Å². The van der Waals surface area contributed by atoms with E-state index in [9.17, 15) is 0 Å². The summed E-state index contributed by atoms with van der Waals surface area (Å²) in [6, 6.07) is 4.58. The standard InChI is InChI=1S/C14H22N2/c1-11(2)6-5-7-13(4)16-14-9-8-12(3)10-15-14/h6,8-10,13H,5,7H2,1-4H3,(H,15,16). The minimum Gasteiger partial charge on any atom is -0.368 e. The molecule has 0 radical (unpaired) electrons. The highest BCUT2D eigenvalue weighted by atomic mass is 15.0. The first kappa shape index (κ1) is 12.8. The summed E-state index contributed by atoms with van der Waals surface area (Å²) in [6.45, 7) is 8.52. The van der Waals surface area contributed by atoms with E-state index < -0.39 is 0 Å². The SMILES string of the molecule is CC(C)=CCCC(C)Nc1ccc(C)cn1. The van der Waals surface area contributed by atoms with Gasteiger partial charge in [0.05, 0.1) is 0 Å². The van der Waals surface area contributed by atoms with Gasteiger partial charge < -0.3 is 5.32 Å². The first-order chi connectivity index (χ1) is 7.58. The summed E-state index contributed by atoms with van der Waals surface area (Å²) >= 11 is 0. The molecule has 88 valence electrons. The van der Waals surface area contributed by atoms with Crippen molar-refractivity contribution in [2.24, 2.45) is 0 Å². The first-order valence-corrected chi connectivity index (χ1v) is 5.90. The van der Waals surface area contributed by atoms with Gasteiger partial charge in [-0.15, -0.1) is 0 Å². The molecule has 0 saturated carbocycles. The van der Waals surface area contributed by atoms with E-state index in [0.717, 1.165) is 18.7 Å². The summed E-state index contributed by atoms with van der Waals surface area (Å²) in [5, 5.41) is 3.40. The van der Waals surface area contributed by atoms with Crippen molar-refractivity contribution in [1.82, 2.24) is 4.98 Å². The molecule has 1 aromatic rings. The highest BCUT2D eigenvalue weighted by Gasteiger charge is 2.01. The minimum absolute atomic E-state index is 0.464. The third-order valence-electron chi connectivity index (χ3n) is 2.46. The molecule has 16 heavy (non-hydrogen) atoms. The Labute approximate surface area is 98.8 Å². The van der Waals surface area contributed by atoms with Gasteiger partial charge >= 0.3 is 0 Å². The fourth-order valence-corrected chi connectivity index (χ4v) is 1.50. The average molecular weight is 218 g/mol. The molecule has 1 aromatic heterocycles. The monoisotopic (exact) mass is 218 g/mol. The Morgan fingerprint density at radius 3 is 2.75 bits per heavy atom. The quantitative estimate of drug-likeness (QED) is 0.757. The molecular formula is C14H22N2. The average Bonchev–Trinajstić information content (AvgIpc) is 2.21. The summed E-state index contributed by atoms with van der Waals surface area (Å²) in [5.41, 5.74) is 2.59. The van der Waals surface area contributed by atoms with Gasteiger partial charge in [0, 0.05) is 12.2 Å². The number of aromatic nitrogens is 1. The Kier molecular flexibility index (Phi) is 5.03. The fourth-order valence-electron chi connectivity index (χ4n) is 1.50. The molecule has 0 spiro atoms. The maximum absolute atomic E-state index is 4.33. The molecule has 0 bridgehead atoms. The number of nitrogens with one attached hydrogen (secondary N) is 1. The number of rotatable bonds is 5. The number of hydrogen-bond acceptors (Lipinski definition) is 2. The predicted octanol–water partition coefficient (Wildman–Crippen LogP) is 3.94. The molecule has 0 aromatic carbocycles. The van der Waals surface area contributed by atoms with E-state index in [1.807, 2.05) is 12.3 Å². The predicted molar refractivity (Wildman–Crippen MR) is 70.7 cm³/mol. The van der Waals surface area contributed by atoms with Gasteiger partial charge in [-0.2, -0.15) is 0 Å². The lowest BCUT2D eigenvalue weighted by molar-refractivity contribution is 0.713. The van der Waals surface area contributed by atoms with Gasteiger partial charge in [0.15, 0.2) is 0 Å². The lowest BCUT2D eigenvalue weighted by Gasteiger charge is -2.13. The zero-order chi connectivity index (χ0) is 12.0. The number of anilines is 1. The Hall–Kier alpha value is -1.31. The van der Waals surface area contributed by atoms with E-state index in [4.69, 9.17) is 0 Å². The molecule has 0 aliphatic heterocycles. The van der Waals surface area contributed by atoms with Crippen molar-refractivity contribution in [1.29, 1.82) is 0 Å². The van der Waals surface area contributed by atoms with E-state index in [-0.39, 0.29) is 0 Å². The van der Waals surface area contributed by atoms with Crippen LogP contribution in [0, 0.1) is 6.92 Å². The number of pyridine rings is 1. The van der Waals surface area contributed by atoms with E-state index >= 15 is 0 Å². The van der Waals surface area contributed by atoms with Gasteiger partial charge in [0.25, 0.3) is 0 Å². The molecule has 0 aliphatic rings. The highest BCUT2D eigenvalue weighted by Crippen LogP contribution is 2.09. The van der Waals surface area contributed by atoms with Gasteiger partial charge in [-0.05, 0) is 52.2 Å². The molecule has 0 aliphatic carbocycles. The Morgan fingerprint density at radius 2 is 2.19 bits per heavy atom. The summed E-state index contributed by atoms with van der Waals surface area (Å²) in [7, 11) is 0. The highest BCUT2D eigenvalue weighted by molar-refractivity contribution is 5.36. The van der Waals surface area contributed by atoms with E-state index in [0.29, 0.717) is 6.04 Å². The first-order valence-electron chi connectivity index (χ1n) is 5.90. The minimum atomic E-state index is 0.464. The summed E-state index contributed by atoms with van der Waals surface area (Å²) in [4.78, 5) is 4.33. The molecule has 0 fully saturated rings. The number of aryl methyl sites for hydroxylation is 1. The van der Waals surface area contributed by atoms with E-state index in [1.165, 1.54) is 11.1 Å². The van der Waals surface area contributed by atoms with Crippen LogP contribution in [0.3, 0.4) is 0 Å². The number of nitrogens with zero attached hydrogens (tertiary/aromatic N) is 1. The van der Waals surface area contributed by atoms with Crippen LogP contribution in [0.5, 0.6) is 0 Å². The van der Waals surface area contributed by atoms with Crippen molar-refractivity contribution in [2.75, 3.05) is 5.32 Å². The molecule has 2 nitrogen and oxygen atoms in total. The van der Waals surface area contributed by atoms with E-state index in [1.54, 1.807) is 0 Å². The smallest absolute Gasteiger partial charge is 0.126 e. The van der Waals surface area contributed by atoms with Crippen LogP contribution >= 0.6 is 0 Å². The molecule has 1 heterocycles. The molecule has 0 amide bonds. The third-order valence-corrected chi connectivity index (χ3v) is 2.46. The Balaban J connectivity index is 2.36. The molecule has 1 atom stereocenters. The van der Waals surface area contributed by atoms with Crippen LogP contribution in [0.4, 0.5) is 5.82 Å². The summed E-state index contributed by atoms with van der Waals surface area (Å²) in [6.07, 6.45) is 6.44. The Morgan fingerprint density at radius 1 is 1.44 bits per heavy atom. The topological polar surface area (TPSA) is 24.9 Å². The normalized spacial score (nSPS) is 12.0. The van der Waals surface area contributed by atoms with Crippen LogP contribution in [0.2, 0.25) is 0 Å². The third kappa shape index (κ3) is 4.96. The van der Waals surface area contributed by atoms with Gasteiger partial charge in [-0.25, -0.2) is 4.98 Å². The van der Waals surface area contributed by atoms with Gasteiger partial charge in [0.1, 0.15) is 5.82 Å². The fraction of sp³-hybridized carbons (Fsp3) is 0.500. The van der Waals surface area contributed by atoms with Crippen LogP contribution in [0.25, 0.3) is 0 Å². The molecule has 1 rings (SSSR count). The van der Waals surface area contributed by atoms with Crippen LogP contribution in [-0.2, 0) is 0 Å². The lowest BCUT2D eigenvalue weighted by atomic mass is 10.1. The van der Waals surface area contributed by atoms with Crippen molar-refractivity contribution in [3.63, 3.8) is 0 Å². The lowest BCUT2D eigenvalue weighted by Crippen LogP contribution is -2.15. The van der Waals surface area contributed by atoms with Crippen molar-refractivity contribution in [2.45, 2.75) is 46.6 Å². The van der Waals surface area contributed by atoms with Crippen molar-refractivity contribution in [3.8, 4) is 0 Å². The van der Waals surface area contributed by atoms with Crippen molar-refractivity contribution >= 4 is 5.82 Å². The zero-order valence-corrected chi connectivity index (χ0v) is 10.7. The van der Waals surface area contributed by atoms with Crippen molar-refractivity contribution < 1.29 is 0 Å². The molecular weight excluding hydrogens is 196 g/mol. The van der Waals surface area contributed by atoms with Crippen LogP contribution in [0.15, 0.2) is 30.0 Å². The summed E-state index contributed by atoms with van der Waals surface area (Å²) < 4.78 is 0. The summed E-state index contributed by atoms with van der Waals surface area (Å²) in [5.74, 6) is 0.968. The molecule has 0 saturated heterocycles.